The summed E-state index contributed by atoms with van der Waals surface area (Å²) < 4.78 is 0. The lowest BCUT2D eigenvalue weighted by Gasteiger charge is -2.02. The Morgan fingerprint density at radius 1 is 1.38 bits per heavy atom. The average molecular weight is 259 g/mol. The third-order valence-corrected chi connectivity index (χ3v) is 4.12. The molecule has 0 bridgehead atoms. The lowest BCUT2D eigenvalue weighted by atomic mass is 10.2. The molecule has 3 nitrogen and oxygen atoms in total. The standard InChI is InChI=1S/C11H21N3S2/c1-4-6-12-11-14-13-10(16-11)8-15-7-5-9(2)3/h9H,4-8H2,1-3H3,(H,12,14). The van der Waals surface area contributed by atoms with Crippen LogP contribution in [0.1, 0.15) is 38.6 Å². The molecule has 0 fully saturated rings. The van der Waals surface area contributed by atoms with Gasteiger partial charge in [0, 0.05) is 12.3 Å². The highest BCUT2D eigenvalue weighted by molar-refractivity contribution is 7.98. The van der Waals surface area contributed by atoms with Crippen LogP contribution in [0.3, 0.4) is 0 Å². The summed E-state index contributed by atoms with van der Waals surface area (Å²) in [6.45, 7) is 7.66. The van der Waals surface area contributed by atoms with E-state index < -0.39 is 0 Å². The van der Waals surface area contributed by atoms with Crippen molar-refractivity contribution in [2.75, 3.05) is 17.6 Å². The number of nitrogens with zero attached hydrogens (tertiary/aromatic N) is 2. The van der Waals surface area contributed by atoms with Crippen LogP contribution in [0, 0.1) is 5.92 Å². The molecule has 0 aliphatic heterocycles. The zero-order valence-corrected chi connectivity index (χ0v) is 12.0. The Balaban J connectivity index is 2.19. The Hall–Kier alpha value is -0.290. The molecule has 5 heteroatoms. The minimum atomic E-state index is 0.795. The van der Waals surface area contributed by atoms with E-state index in [0.29, 0.717) is 0 Å². The van der Waals surface area contributed by atoms with Crippen molar-refractivity contribution in [3.05, 3.63) is 5.01 Å². The van der Waals surface area contributed by atoms with E-state index >= 15 is 0 Å². The number of aromatic nitrogens is 2. The van der Waals surface area contributed by atoms with Crippen molar-refractivity contribution in [3.63, 3.8) is 0 Å². The molecule has 0 aliphatic rings. The normalized spacial score (nSPS) is 11.0. The van der Waals surface area contributed by atoms with Crippen LogP contribution < -0.4 is 5.32 Å². The summed E-state index contributed by atoms with van der Waals surface area (Å²) in [5.41, 5.74) is 0. The lowest BCUT2D eigenvalue weighted by Crippen LogP contribution is -1.98. The third kappa shape index (κ3) is 5.70. The fourth-order valence-electron chi connectivity index (χ4n) is 1.09. The lowest BCUT2D eigenvalue weighted by molar-refractivity contribution is 0.632. The van der Waals surface area contributed by atoms with Crippen molar-refractivity contribution in [3.8, 4) is 0 Å². The van der Waals surface area contributed by atoms with Gasteiger partial charge >= 0.3 is 0 Å². The Morgan fingerprint density at radius 3 is 2.88 bits per heavy atom. The Kier molecular flexibility index (Phi) is 6.80. The van der Waals surface area contributed by atoms with Gasteiger partial charge in [-0.25, -0.2) is 0 Å². The number of hydrogen-bond acceptors (Lipinski definition) is 5. The molecule has 0 saturated heterocycles. The minimum Gasteiger partial charge on any atom is -0.360 e. The van der Waals surface area contributed by atoms with Gasteiger partial charge in [-0.1, -0.05) is 32.1 Å². The van der Waals surface area contributed by atoms with E-state index in [2.05, 4.69) is 36.3 Å². The summed E-state index contributed by atoms with van der Waals surface area (Å²) in [4.78, 5) is 0. The summed E-state index contributed by atoms with van der Waals surface area (Å²) in [6, 6.07) is 0. The van der Waals surface area contributed by atoms with Gasteiger partial charge in [-0.3, -0.25) is 0 Å². The van der Waals surface area contributed by atoms with Crippen LogP contribution in [0.25, 0.3) is 0 Å². The van der Waals surface area contributed by atoms with Crippen LogP contribution in [-0.2, 0) is 5.75 Å². The van der Waals surface area contributed by atoms with Gasteiger partial charge in [0.05, 0.1) is 0 Å². The number of rotatable bonds is 8. The highest BCUT2D eigenvalue weighted by Gasteiger charge is 2.03. The Morgan fingerprint density at radius 2 is 2.19 bits per heavy atom. The highest BCUT2D eigenvalue weighted by atomic mass is 32.2. The zero-order valence-electron chi connectivity index (χ0n) is 10.3. The summed E-state index contributed by atoms with van der Waals surface area (Å²) in [7, 11) is 0. The molecule has 1 N–H and O–H groups in total. The first-order valence-electron chi connectivity index (χ1n) is 5.86. The van der Waals surface area contributed by atoms with Gasteiger partial charge in [-0.05, 0) is 24.5 Å². The molecule has 1 rings (SSSR count). The Labute approximate surface area is 106 Å². The van der Waals surface area contributed by atoms with Gasteiger partial charge in [0.15, 0.2) is 0 Å². The first-order valence-corrected chi connectivity index (χ1v) is 7.83. The van der Waals surface area contributed by atoms with E-state index in [0.717, 1.165) is 34.8 Å². The maximum atomic E-state index is 4.17. The second kappa shape index (κ2) is 7.90. The predicted octanol–water partition coefficient (Wildman–Crippen LogP) is 3.64. The monoisotopic (exact) mass is 259 g/mol. The highest BCUT2D eigenvalue weighted by Crippen LogP contribution is 2.21. The van der Waals surface area contributed by atoms with Crippen molar-refractivity contribution in [2.45, 2.75) is 39.4 Å². The third-order valence-electron chi connectivity index (χ3n) is 2.06. The van der Waals surface area contributed by atoms with Crippen LogP contribution in [0.5, 0.6) is 0 Å². The summed E-state index contributed by atoms with van der Waals surface area (Å²) in [6.07, 6.45) is 2.41. The van der Waals surface area contributed by atoms with Gasteiger partial charge in [0.1, 0.15) is 5.01 Å². The van der Waals surface area contributed by atoms with E-state index in [1.165, 1.54) is 12.2 Å². The molecule has 1 heterocycles. The van der Waals surface area contributed by atoms with Crippen LogP contribution in [0.15, 0.2) is 0 Å². The minimum absolute atomic E-state index is 0.795. The zero-order chi connectivity index (χ0) is 11.8. The molecule has 0 atom stereocenters. The molecule has 0 amide bonds. The van der Waals surface area contributed by atoms with Gasteiger partial charge in [-0.2, -0.15) is 11.8 Å². The molecule has 0 unspecified atom stereocenters. The smallest absolute Gasteiger partial charge is 0.205 e. The van der Waals surface area contributed by atoms with Gasteiger partial charge < -0.3 is 5.32 Å². The largest absolute Gasteiger partial charge is 0.360 e. The molecule has 92 valence electrons. The molecule has 0 saturated carbocycles. The van der Waals surface area contributed by atoms with E-state index in [1.54, 1.807) is 11.3 Å². The molecule has 1 aromatic heterocycles. The molecular weight excluding hydrogens is 238 g/mol. The van der Waals surface area contributed by atoms with Crippen LogP contribution in [-0.4, -0.2) is 22.5 Å². The molecule has 0 radical (unpaired) electrons. The number of anilines is 1. The topological polar surface area (TPSA) is 37.8 Å². The quantitative estimate of drug-likeness (QED) is 0.723. The molecule has 1 aromatic rings. The summed E-state index contributed by atoms with van der Waals surface area (Å²) in [5, 5.41) is 13.6. The fourth-order valence-corrected chi connectivity index (χ4v) is 3.15. The predicted molar refractivity (Wildman–Crippen MR) is 74.3 cm³/mol. The summed E-state index contributed by atoms with van der Waals surface area (Å²) >= 11 is 3.63. The van der Waals surface area contributed by atoms with Crippen molar-refractivity contribution >= 4 is 28.2 Å². The van der Waals surface area contributed by atoms with Crippen LogP contribution in [0.2, 0.25) is 0 Å². The van der Waals surface area contributed by atoms with Crippen molar-refractivity contribution in [2.24, 2.45) is 5.92 Å². The van der Waals surface area contributed by atoms with Crippen LogP contribution in [0.4, 0.5) is 5.13 Å². The maximum Gasteiger partial charge on any atom is 0.205 e. The first-order chi connectivity index (χ1) is 7.72. The number of hydrogen-bond donors (Lipinski definition) is 1. The first kappa shape index (κ1) is 13.8. The fraction of sp³-hybridized carbons (Fsp3) is 0.818. The molecule has 16 heavy (non-hydrogen) atoms. The van der Waals surface area contributed by atoms with Crippen molar-refractivity contribution < 1.29 is 0 Å². The second-order valence-electron chi connectivity index (χ2n) is 4.16. The van der Waals surface area contributed by atoms with Gasteiger partial charge in [0.2, 0.25) is 5.13 Å². The molecular formula is C11H21N3S2. The van der Waals surface area contributed by atoms with E-state index in [1.807, 2.05) is 11.8 Å². The molecule has 0 aliphatic carbocycles. The number of thioether (sulfide) groups is 1. The van der Waals surface area contributed by atoms with Crippen molar-refractivity contribution in [1.29, 1.82) is 0 Å². The van der Waals surface area contributed by atoms with Gasteiger partial charge in [-0.15, -0.1) is 10.2 Å². The summed E-state index contributed by atoms with van der Waals surface area (Å²) in [5.74, 6) is 3.01. The molecule has 0 aromatic carbocycles. The second-order valence-corrected chi connectivity index (χ2v) is 6.33. The van der Waals surface area contributed by atoms with E-state index in [4.69, 9.17) is 0 Å². The average Bonchev–Trinajstić information content (AvgIpc) is 2.69. The molecule has 0 spiro atoms. The Bertz CT molecular complexity index is 287. The SMILES string of the molecule is CCCNc1nnc(CSCCC(C)C)s1. The number of nitrogens with one attached hydrogen (secondary N) is 1. The van der Waals surface area contributed by atoms with Crippen molar-refractivity contribution in [1.82, 2.24) is 10.2 Å². The van der Waals surface area contributed by atoms with E-state index in [-0.39, 0.29) is 0 Å². The maximum absolute atomic E-state index is 4.17. The van der Waals surface area contributed by atoms with Gasteiger partial charge in [0.25, 0.3) is 0 Å². The van der Waals surface area contributed by atoms with E-state index in [9.17, 15) is 0 Å². The van der Waals surface area contributed by atoms with Crippen LogP contribution >= 0.6 is 23.1 Å².